The lowest BCUT2D eigenvalue weighted by molar-refractivity contribution is -0.153. The molecule has 1 aliphatic carbocycles. The van der Waals surface area contributed by atoms with Crippen LogP contribution in [-0.2, 0) is 12.8 Å². The zero-order chi connectivity index (χ0) is 20.9. The van der Waals surface area contributed by atoms with Crippen molar-refractivity contribution < 1.29 is 27.8 Å². The molecule has 1 atom stereocenters. The van der Waals surface area contributed by atoms with Gasteiger partial charge < -0.3 is 9.84 Å². The summed E-state index contributed by atoms with van der Waals surface area (Å²) < 4.78 is 41.9. The second-order valence-electron chi connectivity index (χ2n) is 7.64. The van der Waals surface area contributed by atoms with Gasteiger partial charge in [-0.3, -0.25) is 4.79 Å². The Bertz CT molecular complexity index is 807. The van der Waals surface area contributed by atoms with Gasteiger partial charge in [-0.15, -0.1) is 0 Å². The van der Waals surface area contributed by atoms with Gasteiger partial charge in [0.2, 0.25) is 0 Å². The Kier molecular flexibility index (Phi) is 6.96. The first-order chi connectivity index (χ1) is 13.8. The first kappa shape index (κ1) is 21.4. The molecule has 0 aliphatic heterocycles. The molecule has 1 unspecified atom stereocenters. The van der Waals surface area contributed by atoms with E-state index < -0.39 is 18.9 Å². The highest BCUT2D eigenvalue weighted by Crippen LogP contribution is 2.30. The molecular weight excluding hydrogens is 381 g/mol. The predicted molar refractivity (Wildman–Crippen MR) is 104 cm³/mol. The summed E-state index contributed by atoms with van der Waals surface area (Å²) in [7, 11) is 0. The summed E-state index contributed by atoms with van der Waals surface area (Å²) in [5.74, 6) is 0.109. The molecule has 29 heavy (non-hydrogen) atoms. The maximum Gasteiger partial charge on any atom is 0.422 e. The minimum atomic E-state index is -4.47. The van der Waals surface area contributed by atoms with Crippen molar-refractivity contribution in [2.24, 2.45) is 5.92 Å². The molecule has 0 bridgehead atoms. The fourth-order valence-corrected chi connectivity index (χ4v) is 3.84. The van der Waals surface area contributed by atoms with Gasteiger partial charge in [0.25, 0.3) is 0 Å². The Morgan fingerprint density at radius 2 is 1.66 bits per heavy atom. The number of carbonyl (C=O) groups is 1. The standard InChI is InChI=1S/C23H25F3O3/c24-23(25,26)15-29-22-8-4-3-7-20(22)21(28)12-11-19(27)10-9-16-13-17-5-1-2-6-18(17)14-16/h1-8,16,19,27H,9-15H2. The Labute approximate surface area is 168 Å². The number of aliphatic hydroxyl groups excluding tert-OH is 1. The second kappa shape index (κ2) is 9.44. The molecule has 0 saturated heterocycles. The molecular formula is C23H25F3O3. The number of halogens is 3. The number of ketones is 1. The number of para-hydroxylation sites is 1. The maximum atomic E-state index is 12.4. The molecule has 0 amide bonds. The third-order valence-corrected chi connectivity index (χ3v) is 5.33. The second-order valence-corrected chi connectivity index (χ2v) is 7.64. The summed E-state index contributed by atoms with van der Waals surface area (Å²) >= 11 is 0. The number of Topliss-reactive ketones (excluding diaryl/α,β-unsaturated/α-hetero) is 1. The molecule has 6 heteroatoms. The minimum Gasteiger partial charge on any atom is -0.483 e. The quantitative estimate of drug-likeness (QED) is 0.586. The summed E-state index contributed by atoms with van der Waals surface area (Å²) in [5, 5.41) is 10.3. The third-order valence-electron chi connectivity index (χ3n) is 5.33. The smallest absolute Gasteiger partial charge is 0.422 e. The van der Waals surface area contributed by atoms with Gasteiger partial charge in [-0.05, 0) is 61.3 Å². The average molecular weight is 406 g/mol. The van der Waals surface area contributed by atoms with E-state index in [1.165, 1.54) is 29.3 Å². The first-order valence-corrected chi connectivity index (χ1v) is 9.88. The number of aliphatic hydroxyl groups is 1. The molecule has 3 nitrogen and oxygen atoms in total. The molecule has 1 N–H and O–H groups in total. The van der Waals surface area contributed by atoms with E-state index in [1.54, 1.807) is 6.07 Å². The average Bonchev–Trinajstić information content (AvgIpc) is 3.11. The SMILES string of the molecule is O=C(CCC(O)CCC1Cc2ccccc2C1)c1ccccc1OCC(F)(F)F. The Balaban J connectivity index is 1.45. The number of rotatable bonds is 9. The topological polar surface area (TPSA) is 46.5 Å². The van der Waals surface area contributed by atoms with Crippen LogP contribution in [0.2, 0.25) is 0 Å². The van der Waals surface area contributed by atoms with Crippen LogP contribution in [0.15, 0.2) is 48.5 Å². The van der Waals surface area contributed by atoms with E-state index in [2.05, 4.69) is 12.1 Å². The van der Waals surface area contributed by atoms with Gasteiger partial charge in [-0.1, -0.05) is 36.4 Å². The summed E-state index contributed by atoms with van der Waals surface area (Å²) in [5.41, 5.74) is 2.87. The number of carbonyl (C=O) groups excluding carboxylic acids is 1. The Morgan fingerprint density at radius 1 is 1.03 bits per heavy atom. The van der Waals surface area contributed by atoms with Crippen molar-refractivity contribution >= 4 is 5.78 Å². The van der Waals surface area contributed by atoms with Crippen LogP contribution in [0, 0.1) is 5.92 Å². The molecule has 2 aromatic carbocycles. The zero-order valence-electron chi connectivity index (χ0n) is 16.1. The molecule has 0 fully saturated rings. The van der Waals surface area contributed by atoms with Crippen LogP contribution < -0.4 is 4.74 Å². The van der Waals surface area contributed by atoms with E-state index in [0.29, 0.717) is 12.3 Å². The molecule has 0 heterocycles. The number of alkyl halides is 3. The van der Waals surface area contributed by atoms with Crippen molar-refractivity contribution in [3.63, 3.8) is 0 Å². The normalized spacial score (nSPS) is 15.2. The van der Waals surface area contributed by atoms with E-state index in [1.807, 2.05) is 12.1 Å². The summed E-state index contributed by atoms with van der Waals surface area (Å²) in [6.07, 6.45) is -1.19. The van der Waals surface area contributed by atoms with E-state index in [9.17, 15) is 23.1 Å². The monoisotopic (exact) mass is 406 g/mol. The molecule has 2 aromatic rings. The number of hydrogen-bond donors (Lipinski definition) is 1. The molecule has 0 saturated carbocycles. The van der Waals surface area contributed by atoms with Crippen LogP contribution in [0.25, 0.3) is 0 Å². The fourth-order valence-electron chi connectivity index (χ4n) is 3.84. The van der Waals surface area contributed by atoms with Crippen LogP contribution in [0.4, 0.5) is 13.2 Å². The van der Waals surface area contributed by atoms with Crippen molar-refractivity contribution in [1.82, 2.24) is 0 Å². The van der Waals surface area contributed by atoms with Crippen molar-refractivity contribution in [2.75, 3.05) is 6.61 Å². The molecule has 0 spiro atoms. The van der Waals surface area contributed by atoms with Gasteiger partial charge in [0.05, 0.1) is 11.7 Å². The molecule has 156 valence electrons. The number of fused-ring (bicyclic) bond motifs is 1. The van der Waals surface area contributed by atoms with Crippen LogP contribution in [0.1, 0.15) is 47.2 Å². The molecule has 0 aromatic heterocycles. The highest BCUT2D eigenvalue weighted by atomic mass is 19.4. The van der Waals surface area contributed by atoms with Crippen LogP contribution in [0.5, 0.6) is 5.75 Å². The predicted octanol–water partition coefficient (Wildman–Crippen LogP) is 5.15. The van der Waals surface area contributed by atoms with E-state index in [0.717, 1.165) is 19.3 Å². The van der Waals surface area contributed by atoms with Gasteiger partial charge in [0, 0.05) is 6.42 Å². The number of ether oxygens (including phenoxy) is 1. The van der Waals surface area contributed by atoms with Gasteiger partial charge in [-0.2, -0.15) is 13.2 Å². The van der Waals surface area contributed by atoms with Gasteiger partial charge in [-0.25, -0.2) is 0 Å². The molecule has 0 radical (unpaired) electrons. The van der Waals surface area contributed by atoms with Crippen LogP contribution >= 0.6 is 0 Å². The van der Waals surface area contributed by atoms with E-state index >= 15 is 0 Å². The van der Waals surface area contributed by atoms with Gasteiger partial charge in [0.1, 0.15) is 5.75 Å². The van der Waals surface area contributed by atoms with Crippen molar-refractivity contribution in [3.05, 3.63) is 65.2 Å². The minimum absolute atomic E-state index is 0.0679. The van der Waals surface area contributed by atoms with Crippen LogP contribution in [0.3, 0.4) is 0 Å². The van der Waals surface area contributed by atoms with Gasteiger partial charge in [0.15, 0.2) is 12.4 Å². The first-order valence-electron chi connectivity index (χ1n) is 9.88. The Morgan fingerprint density at radius 3 is 2.31 bits per heavy atom. The fraction of sp³-hybridized carbons (Fsp3) is 0.435. The lowest BCUT2D eigenvalue weighted by Gasteiger charge is -2.15. The van der Waals surface area contributed by atoms with Crippen LogP contribution in [-0.4, -0.2) is 29.8 Å². The third kappa shape index (κ3) is 6.32. The summed E-state index contributed by atoms with van der Waals surface area (Å²) in [6, 6.07) is 14.3. The highest BCUT2D eigenvalue weighted by Gasteiger charge is 2.29. The number of hydrogen-bond acceptors (Lipinski definition) is 3. The molecule has 1 aliphatic rings. The lowest BCUT2D eigenvalue weighted by Crippen LogP contribution is -2.20. The highest BCUT2D eigenvalue weighted by molar-refractivity contribution is 5.98. The summed E-state index contributed by atoms with van der Waals surface area (Å²) in [4.78, 5) is 12.4. The Hall–Kier alpha value is -2.34. The van der Waals surface area contributed by atoms with Crippen molar-refractivity contribution in [2.45, 2.75) is 50.8 Å². The maximum absolute atomic E-state index is 12.4. The van der Waals surface area contributed by atoms with E-state index in [-0.39, 0.29) is 29.9 Å². The van der Waals surface area contributed by atoms with Crippen molar-refractivity contribution in [3.8, 4) is 5.75 Å². The van der Waals surface area contributed by atoms with Gasteiger partial charge >= 0.3 is 6.18 Å². The molecule has 3 rings (SSSR count). The lowest BCUT2D eigenvalue weighted by atomic mass is 9.95. The largest absolute Gasteiger partial charge is 0.483 e. The zero-order valence-corrected chi connectivity index (χ0v) is 16.1. The van der Waals surface area contributed by atoms with Crippen molar-refractivity contribution in [1.29, 1.82) is 0 Å². The van der Waals surface area contributed by atoms with E-state index in [4.69, 9.17) is 4.74 Å². The summed E-state index contributed by atoms with van der Waals surface area (Å²) in [6.45, 7) is -1.44. The number of benzene rings is 2.